The molecule has 0 unspecified atom stereocenters. The van der Waals surface area contributed by atoms with Gasteiger partial charge < -0.3 is 19.8 Å². The van der Waals surface area contributed by atoms with Crippen LogP contribution in [0, 0.1) is 0 Å². The maximum absolute atomic E-state index is 12.1. The number of benzene rings is 1. The van der Waals surface area contributed by atoms with E-state index in [1.54, 1.807) is 19.2 Å². The Morgan fingerprint density at radius 3 is 2.95 bits per heavy atom. The minimum absolute atomic E-state index is 0.111. The number of rotatable bonds is 2. The van der Waals surface area contributed by atoms with Crippen LogP contribution in [-0.2, 0) is 24.9 Å². The Morgan fingerprint density at radius 2 is 2.14 bits per heavy atom. The first-order valence-corrected chi connectivity index (χ1v) is 6.44. The average molecular weight is 289 g/mol. The Bertz CT molecular complexity index is 807. The number of aromatic nitrogens is 2. The number of nitrogens with two attached hydrogens (primary N) is 1. The van der Waals surface area contributed by atoms with Crippen LogP contribution in [0.5, 0.6) is 5.75 Å². The van der Waals surface area contributed by atoms with Crippen molar-refractivity contribution in [3.8, 4) is 5.75 Å². The molecule has 3 rings (SSSR count). The summed E-state index contributed by atoms with van der Waals surface area (Å²) in [6.07, 6.45) is 1.44. The molecule has 1 aromatic carbocycles. The van der Waals surface area contributed by atoms with Crippen LogP contribution in [0.3, 0.4) is 0 Å². The molecule has 110 valence electrons. The smallest absolute Gasteiger partial charge is 0.331 e. The summed E-state index contributed by atoms with van der Waals surface area (Å²) in [5.74, 6) is 0.633. The van der Waals surface area contributed by atoms with E-state index in [-0.39, 0.29) is 24.6 Å². The zero-order chi connectivity index (χ0) is 15.0. The van der Waals surface area contributed by atoms with Gasteiger partial charge in [0.15, 0.2) is 6.79 Å². The molecule has 2 heterocycles. The molecular formula is C14H15N3O4. The molecule has 1 aromatic heterocycles. The summed E-state index contributed by atoms with van der Waals surface area (Å²) in [6, 6.07) is 4.83. The first-order chi connectivity index (χ1) is 10.1. The van der Waals surface area contributed by atoms with Crippen LogP contribution in [-0.4, -0.2) is 15.9 Å². The fourth-order valence-electron chi connectivity index (χ4n) is 2.37. The maximum Gasteiger partial charge on any atom is 0.331 e. The molecule has 2 N–H and O–H groups in total. The van der Waals surface area contributed by atoms with Crippen LogP contribution in [0.1, 0.15) is 11.1 Å². The Balaban J connectivity index is 2.11. The lowest BCUT2D eigenvalue weighted by Gasteiger charge is -2.21. The standard InChI is InChI=1S/C14H15N3O4/c1-16-3-2-12(18)17(14(16)19)6-9-4-11(15)5-10-7-20-8-21-13(9)10/h2-5H,6-8,15H2,1H3. The molecule has 0 saturated heterocycles. The molecular weight excluding hydrogens is 274 g/mol. The van der Waals surface area contributed by atoms with Crippen LogP contribution >= 0.6 is 0 Å². The second-order valence-electron chi connectivity index (χ2n) is 4.91. The molecule has 0 fully saturated rings. The first kappa shape index (κ1) is 13.4. The topological polar surface area (TPSA) is 88.5 Å². The Kier molecular flexibility index (Phi) is 3.26. The van der Waals surface area contributed by atoms with E-state index in [0.29, 0.717) is 23.6 Å². The average Bonchev–Trinajstić information content (AvgIpc) is 2.47. The van der Waals surface area contributed by atoms with E-state index >= 15 is 0 Å². The third kappa shape index (κ3) is 2.43. The number of aryl methyl sites for hydroxylation is 1. The zero-order valence-electron chi connectivity index (χ0n) is 11.5. The molecule has 0 amide bonds. The number of anilines is 1. The highest BCUT2D eigenvalue weighted by molar-refractivity contribution is 5.53. The third-order valence-corrected chi connectivity index (χ3v) is 3.38. The van der Waals surface area contributed by atoms with Crippen molar-refractivity contribution in [2.45, 2.75) is 13.2 Å². The van der Waals surface area contributed by atoms with E-state index in [9.17, 15) is 9.59 Å². The van der Waals surface area contributed by atoms with Gasteiger partial charge in [0.25, 0.3) is 5.56 Å². The fraction of sp³-hybridized carbons (Fsp3) is 0.286. The maximum atomic E-state index is 12.1. The number of ether oxygens (including phenoxy) is 2. The van der Waals surface area contributed by atoms with Crippen molar-refractivity contribution >= 4 is 5.69 Å². The number of fused-ring (bicyclic) bond motifs is 1. The van der Waals surface area contributed by atoms with Gasteiger partial charge in [-0.25, -0.2) is 4.79 Å². The second-order valence-corrected chi connectivity index (χ2v) is 4.91. The van der Waals surface area contributed by atoms with Crippen molar-refractivity contribution in [1.29, 1.82) is 0 Å². The lowest BCUT2D eigenvalue weighted by Crippen LogP contribution is -2.38. The Morgan fingerprint density at radius 1 is 1.33 bits per heavy atom. The predicted molar refractivity (Wildman–Crippen MR) is 76.2 cm³/mol. The first-order valence-electron chi connectivity index (χ1n) is 6.44. The molecule has 7 nitrogen and oxygen atoms in total. The van der Waals surface area contributed by atoms with E-state index in [4.69, 9.17) is 15.2 Å². The quantitative estimate of drug-likeness (QED) is 0.789. The number of hydrogen-bond acceptors (Lipinski definition) is 5. The van der Waals surface area contributed by atoms with Crippen molar-refractivity contribution < 1.29 is 9.47 Å². The third-order valence-electron chi connectivity index (χ3n) is 3.38. The second kappa shape index (κ2) is 5.10. The number of hydrogen-bond donors (Lipinski definition) is 1. The summed E-state index contributed by atoms with van der Waals surface area (Å²) in [5, 5.41) is 0. The zero-order valence-corrected chi connectivity index (χ0v) is 11.5. The summed E-state index contributed by atoms with van der Waals surface area (Å²) in [4.78, 5) is 24.0. The van der Waals surface area contributed by atoms with E-state index in [2.05, 4.69) is 0 Å². The van der Waals surface area contributed by atoms with Gasteiger partial charge >= 0.3 is 5.69 Å². The van der Waals surface area contributed by atoms with Crippen LogP contribution in [0.2, 0.25) is 0 Å². The lowest BCUT2D eigenvalue weighted by molar-refractivity contribution is -0.0170. The summed E-state index contributed by atoms with van der Waals surface area (Å²) < 4.78 is 13.2. The van der Waals surface area contributed by atoms with Gasteiger partial charge in [-0.3, -0.25) is 9.36 Å². The van der Waals surface area contributed by atoms with Crippen LogP contribution < -0.4 is 21.7 Å². The lowest BCUT2D eigenvalue weighted by atomic mass is 10.1. The summed E-state index contributed by atoms with van der Waals surface area (Å²) in [6.45, 7) is 0.653. The number of nitrogen functional groups attached to an aromatic ring is 1. The molecule has 0 aliphatic carbocycles. The molecule has 1 aliphatic heterocycles. The van der Waals surface area contributed by atoms with Crippen LogP contribution in [0.4, 0.5) is 5.69 Å². The predicted octanol–water partition coefficient (Wildman–Crippen LogP) is 0.0440. The van der Waals surface area contributed by atoms with Crippen LogP contribution in [0.25, 0.3) is 0 Å². The molecule has 0 atom stereocenters. The van der Waals surface area contributed by atoms with Crippen LogP contribution in [0.15, 0.2) is 34.0 Å². The SMILES string of the molecule is Cn1ccc(=O)n(Cc2cc(N)cc3c2OCOC3)c1=O. The van der Waals surface area contributed by atoms with Crippen molar-refractivity contribution in [3.63, 3.8) is 0 Å². The highest BCUT2D eigenvalue weighted by Gasteiger charge is 2.17. The Labute approximate surface area is 120 Å². The molecule has 0 spiro atoms. The van der Waals surface area contributed by atoms with Crippen molar-refractivity contribution in [3.05, 3.63) is 56.4 Å². The monoisotopic (exact) mass is 289 g/mol. The van der Waals surface area contributed by atoms with E-state index in [1.165, 1.54) is 16.8 Å². The number of nitrogens with zero attached hydrogens (tertiary/aromatic N) is 2. The molecule has 7 heteroatoms. The molecule has 2 aromatic rings. The summed E-state index contributed by atoms with van der Waals surface area (Å²) in [5.41, 5.74) is 7.17. The van der Waals surface area contributed by atoms with Gasteiger partial charge in [0.05, 0.1) is 13.2 Å². The normalized spacial score (nSPS) is 13.6. The van der Waals surface area contributed by atoms with E-state index in [0.717, 1.165) is 10.1 Å². The van der Waals surface area contributed by atoms with Gasteiger partial charge in [0.1, 0.15) is 5.75 Å². The van der Waals surface area contributed by atoms with Gasteiger partial charge in [0.2, 0.25) is 0 Å². The summed E-state index contributed by atoms with van der Waals surface area (Å²) in [7, 11) is 1.59. The van der Waals surface area contributed by atoms with Crippen molar-refractivity contribution in [1.82, 2.24) is 9.13 Å². The highest BCUT2D eigenvalue weighted by atomic mass is 16.7. The summed E-state index contributed by atoms with van der Waals surface area (Å²) >= 11 is 0. The van der Waals surface area contributed by atoms with Gasteiger partial charge in [-0.2, -0.15) is 0 Å². The molecule has 1 aliphatic rings. The highest BCUT2D eigenvalue weighted by Crippen LogP contribution is 2.30. The van der Waals surface area contributed by atoms with Gasteiger partial charge in [-0.1, -0.05) is 0 Å². The molecule has 21 heavy (non-hydrogen) atoms. The van der Waals surface area contributed by atoms with Gasteiger partial charge in [0, 0.05) is 36.1 Å². The van der Waals surface area contributed by atoms with Gasteiger partial charge in [-0.15, -0.1) is 0 Å². The minimum Gasteiger partial charge on any atom is -0.467 e. The molecule has 0 saturated carbocycles. The minimum atomic E-state index is -0.384. The molecule has 0 radical (unpaired) electrons. The molecule has 0 bridgehead atoms. The van der Waals surface area contributed by atoms with E-state index < -0.39 is 0 Å². The van der Waals surface area contributed by atoms with E-state index in [1.807, 2.05) is 0 Å². The largest absolute Gasteiger partial charge is 0.467 e. The van der Waals surface area contributed by atoms with Crippen molar-refractivity contribution in [2.24, 2.45) is 7.05 Å². The van der Waals surface area contributed by atoms with Gasteiger partial charge in [-0.05, 0) is 12.1 Å². The Hall–Kier alpha value is -2.54. The van der Waals surface area contributed by atoms with Crippen molar-refractivity contribution in [2.75, 3.05) is 12.5 Å². The fourth-order valence-corrected chi connectivity index (χ4v) is 2.37.